The summed E-state index contributed by atoms with van der Waals surface area (Å²) in [5.74, 6) is 0.599. The largest absolute Gasteiger partial charge is 0.416 e. The van der Waals surface area contributed by atoms with Crippen LogP contribution in [-0.4, -0.2) is 10.1 Å². The zero-order chi connectivity index (χ0) is 13.3. The third kappa shape index (κ3) is 2.29. The molecule has 0 fully saturated rings. The molecule has 0 radical (unpaired) electrons. The number of benzene rings is 1. The van der Waals surface area contributed by atoms with Gasteiger partial charge in [0.15, 0.2) is 5.82 Å². The van der Waals surface area contributed by atoms with E-state index in [1.54, 1.807) is 0 Å². The Morgan fingerprint density at radius 3 is 2.56 bits per heavy atom. The summed E-state index contributed by atoms with van der Waals surface area (Å²) in [5, 5.41) is 3.66. The van der Waals surface area contributed by atoms with Crippen LogP contribution in [-0.2, 0) is 12.6 Å². The van der Waals surface area contributed by atoms with Crippen molar-refractivity contribution in [2.24, 2.45) is 0 Å². The van der Waals surface area contributed by atoms with Gasteiger partial charge < -0.3 is 10.3 Å². The van der Waals surface area contributed by atoms with Gasteiger partial charge in [-0.15, -0.1) is 0 Å². The van der Waals surface area contributed by atoms with Crippen LogP contribution in [0.4, 0.5) is 18.9 Å². The van der Waals surface area contributed by atoms with Gasteiger partial charge in [-0.2, -0.15) is 18.2 Å². The fourth-order valence-electron chi connectivity index (χ4n) is 1.44. The van der Waals surface area contributed by atoms with Gasteiger partial charge in [0.2, 0.25) is 0 Å². The van der Waals surface area contributed by atoms with Crippen LogP contribution in [0.1, 0.15) is 18.3 Å². The molecule has 0 aliphatic heterocycles. The summed E-state index contributed by atoms with van der Waals surface area (Å²) in [7, 11) is 0. The molecule has 0 saturated carbocycles. The van der Waals surface area contributed by atoms with Crippen LogP contribution in [0.3, 0.4) is 0 Å². The van der Waals surface area contributed by atoms with Crippen molar-refractivity contribution < 1.29 is 17.7 Å². The minimum absolute atomic E-state index is 0.0453. The van der Waals surface area contributed by atoms with Crippen LogP contribution in [0.5, 0.6) is 0 Å². The molecule has 0 saturated heterocycles. The number of rotatable bonds is 2. The molecule has 0 unspecified atom stereocenters. The molecule has 2 aromatic rings. The molecule has 1 heterocycles. The molecule has 2 N–H and O–H groups in total. The lowest BCUT2D eigenvalue weighted by Crippen LogP contribution is -2.06. The van der Waals surface area contributed by atoms with Crippen LogP contribution in [0, 0.1) is 0 Å². The number of nitrogens with zero attached hydrogens (tertiary/aromatic N) is 2. The Labute approximate surface area is 101 Å². The third-order valence-corrected chi connectivity index (χ3v) is 2.39. The number of aromatic nitrogens is 2. The lowest BCUT2D eigenvalue weighted by Gasteiger charge is -2.08. The summed E-state index contributed by atoms with van der Waals surface area (Å²) >= 11 is 0. The van der Waals surface area contributed by atoms with Crippen molar-refractivity contribution in [1.82, 2.24) is 10.1 Å². The summed E-state index contributed by atoms with van der Waals surface area (Å²) in [6, 6.07) is 3.01. The molecule has 0 atom stereocenters. The normalized spacial score (nSPS) is 11.8. The summed E-state index contributed by atoms with van der Waals surface area (Å²) in [5.41, 5.74) is 5.02. The van der Waals surface area contributed by atoms with Crippen molar-refractivity contribution in [2.45, 2.75) is 19.5 Å². The standard InChI is InChI=1S/C11H10F3N3O/c1-2-9-16-10(18-17-9)7-4-3-6(5-8(7)15)11(12,13)14/h3-5H,2,15H2,1H3. The maximum absolute atomic E-state index is 12.5. The minimum atomic E-state index is -4.42. The van der Waals surface area contributed by atoms with E-state index in [0.29, 0.717) is 17.8 Å². The first-order valence-electron chi connectivity index (χ1n) is 5.21. The third-order valence-electron chi connectivity index (χ3n) is 2.39. The van der Waals surface area contributed by atoms with E-state index < -0.39 is 11.7 Å². The Morgan fingerprint density at radius 2 is 2.06 bits per heavy atom. The molecule has 0 amide bonds. The second-order valence-electron chi connectivity index (χ2n) is 3.67. The molecule has 1 aromatic carbocycles. The highest BCUT2D eigenvalue weighted by Gasteiger charge is 2.31. The predicted molar refractivity (Wildman–Crippen MR) is 58.5 cm³/mol. The fourth-order valence-corrected chi connectivity index (χ4v) is 1.44. The molecule has 18 heavy (non-hydrogen) atoms. The average Bonchev–Trinajstić information content (AvgIpc) is 2.76. The molecule has 96 valence electrons. The number of anilines is 1. The lowest BCUT2D eigenvalue weighted by atomic mass is 10.1. The zero-order valence-electron chi connectivity index (χ0n) is 9.45. The van der Waals surface area contributed by atoms with E-state index in [-0.39, 0.29) is 11.6 Å². The first-order chi connectivity index (χ1) is 8.41. The molecule has 0 spiro atoms. The van der Waals surface area contributed by atoms with E-state index in [1.165, 1.54) is 6.07 Å². The summed E-state index contributed by atoms with van der Waals surface area (Å²) < 4.78 is 42.3. The van der Waals surface area contributed by atoms with E-state index in [2.05, 4.69) is 10.1 Å². The van der Waals surface area contributed by atoms with Crippen molar-refractivity contribution in [2.75, 3.05) is 5.73 Å². The Bertz CT molecular complexity index is 563. The summed E-state index contributed by atoms with van der Waals surface area (Å²) in [4.78, 5) is 4.01. The monoisotopic (exact) mass is 257 g/mol. The van der Waals surface area contributed by atoms with E-state index in [0.717, 1.165) is 12.1 Å². The quantitative estimate of drug-likeness (QED) is 0.840. The number of nitrogens with two attached hydrogens (primary N) is 1. The number of hydrogen-bond donors (Lipinski definition) is 1. The SMILES string of the molecule is CCc1noc(-c2ccc(C(F)(F)F)cc2N)n1. The smallest absolute Gasteiger partial charge is 0.398 e. The average molecular weight is 257 g/mol. The van der Waals surface area contributed by atoms with Crippen molar-refractivity contribution in [3.8, 4) is 11.5 Å². The van der Waals surface area contributed by atoms with Gasteiger partial charge in [-0.3, -0.25) is 0 Å². The van der Waals surface area contributed by atoms with Crippen molar-refractivity contribution >= 4 is 5.69 Å². The Balaban J connectivity index is 2.41. The summed E-state index contributed by atoms with van der Waals surface area (Å²) in [6.07, 6.45) is -3.85. The molecule has 0 aliphatic carbocycles. The van der Waals surface area contributed by atoms with Crippen LogP contribution in [0.2, 0.25) is 0 Å². The van der Waals surface area contributed by atoms with Gasteiger partial charge >= 0.3 is 6.18 Å². The highest BCUT2D eigenvalue weighted by atomic mass is 19.4. The highest BCUT2D eigenvalue weighted by Crippen LogP contribution is 2.34. The molecule has 0 bridgehead atoms. The molecule has 4 nitrogen and oxygen atoms in total. The first kappa shape index (κ1) is 12.4. The minimum Gasteiger partial charge on any atom is -0.398 e. The number of nitrogen functional groups attached to an aromatic ring is 1. The van der Waals surface area contributed by atoms with Gasteiger partial charge in [0.25, 0.3) is 5.89 Å². The lowest BCUT2D eigenvalue weighted by molar-refractivity contribution is -0.137. The van der Waals surface area contributed by atoms with Gasteiger partial charge in [-0.05, 0) is 18.2 Å². The maximum Gasteiger partial charge on any atom is 0.416 e. The van der Waals surface area contributed by atoms with Crippen molar-refractivity contribution in [3.05, 3.63) is 29.6 Å². The van der Waals surface area contributed by atoms with Crippen LogP contribution in [0.15, 0.2) is 22.7 Å². The van der Waals surface area contributed by atoms with Gasteiger partial charge in [-0.1, -0.05) is 12.1 Å². The summed E-state index contributed by atoms with van der Waals surface area (Å²) in [6.45, 7) is 1.84. The number of hydrogen-bond acceptors (Lipinski definition) is 4. The van der Waals surface area contributed by atoms with E-state index in [4.69, 9.17) is 10.3 Å². The molecule has 2 rings (SSSR count). The van der Waals surface area contributed by atoms with Gasteiger partial charge in [0, 0.05) is 12.1 Å². The molecule has 1 aromatic heterocycles. The first-order valence-corrected chi connectivity index (χ1v) is 5.21. The Morgan fingerprint density at radius 1 is 1.33 bits per heavy atom. The van der Waals surface area contributed by atoms with Gasteiger partial charge in [-0.25, -0.2) is 0 Å². The molecular weight excluding hydrogens is 247 g/mol. The highest BCUT2D eigenvalue weighted by molar-refractivity contribution is 5.71. The molecule has 7 heteroatoms. The van der Waals surface area contributed by atoms with E-state index in [9.17, 15) is 13.2 Å². The van der Waals surface area contributed by atoms with Crippen LogP contribution >= 0.6 is 0 Å². The molecular formula is C11H10F3N3O. The van der Waals surface area contributed by atoms with Crippen LogP contribution in [0.25, 0.3) is 11.5 Å². The van der Waals surface area contributed by atoms with E-state index >= 15 is 0 Å². The number of halogens is 3. The van der Waals surface area contributed by atoms with Crippen molar-refractivity contribution in [1.29, 1.82) is 0 Å². The predicted octanol–water partition coefficient (Wildman–Crippen LogP) is 2.90. The number of alkyl halides is 3. The van der Waals surface area contributed by atoms with E-state index in [1.807, 2.05) is 6.92 Å². The zero-order valence-corrected chi connectivity index (χ0v) is 9.45. The molecule has 0 aliphatic rings. The maximum atomic E-state index is 12.5. The Hall–Kier alpha value is -2.05. The van der Waals surface area contributed by atoms with Crippen molar-refractivity contribution in [3.63, 3.8) is 0 Å². The number of aryl methyl sites for hydroxylation is 1. The fraction of sp³-hybridized carbons (Fsp3) is 0.273. The van der Waals surface area contributed by atoms with Gasteiger partial charge in [0.05, 0.1) is 11.1 Å². The second-order valence-corrected chi connectivity index (χ2v) is 3.67. The topological polar surface area (TPSA) is 64.9 Å². The Kier molecular flexibility index (Phi) is 2.98. The second kappa shape index (κ2) is 4.32. The van der Waals surface area contributed by atoms with Gasteiger partial charge in [0.1, 0.15) is 0 Å². The van der Waals surface area contributed by atoms with Crippen LogP contribution < -0.4 is 5.73 Å².